The Morgan fingerprint density at radius 1 is 1.26 bits per heavy atom. The second-order valence-corrected chi connectivity index (χ2v) is 5.78. The van der Waals surface area contributed by atoms with E-state index in [1.807, 2.05) is 0 Å². The predicted octanol–water partition coefficient (Wildman–Crippen LogP) is 2.96. The molecule has 2 nitrogen and oxygen atoms in total. The normalized spacial score (nSPS) is 18.0. The molecule has 0 spiro atoms. The van der Waals surface area contributed by atoms with Crippen molar-refractivity contribution in [1.82, 2.24) is 5.32 Å². The monoisotopic (exact) mass is 271 g/mol. The van der Waals surface area contributed by atoms with E-state index >= 15 is 0 Å². The van der Waals surface area contributed by atoms with Gasteiger partial charge in [-0.05, 0) is 46.4 Å². The molecule has 1 aromatic carbocycles. The van der Waals surface area contributed by atoms with E-state index in [9.17, 15) is 4.79 Å². The van der Waals surface area contributed by atoms with Crippen LogP contribution < -0.4 is 5.32 Å². The van der Waals surface area contributed by atoms with Gasteiger partial charge in [-0.1, -0.05) is 24.3 Å². The Labute approximate surface area is 117 Å². The Morgan fingerprint density at radius 2 is 2.11 bits per heavy atom. The van der Waals surface area contributed by atoms with Crippen molar-refractivity contribution in [1.29, 1.82) is 0 Å². The number of Topliss-reactive ketones (excluding diaryl/α,β-unsaturated/α-hetero) is 1. The van der Waals surface area contributed by atoms with Crippen LogP contribution in [0.4, 0.5) is 0 Å². The first-order valence-electron chi connectivity index (χ1n) is 6.67. The first-order chi connectivity index (χ1) is 9.33. The van der Waals surface area contributed by atoms with Crippen molar-refractivity contribution in [2.45, 2.75) is 31.8 Å². The molecule has 0 bridgehead atoms. The minimum atomic E-state index is -0.00599. The highest BCUT2D eigenvalue weighted by Gasteiger charge is 2.23. The first-order valence-corrected chi connectivity index (χ1v) is 7.61. The summed E-state index contributed by atoms with van der Waals surface area (Å²) in [6, 6.07) is 10.5. The van der Waals surface area contributed by atoms with Crippen LogP contribution in [-0.4, -0.2) is 11.8 Å². The van der Waals surface area contributed by atoms with Crippen molar-refractivity contribution in [3.63, 3.8) is 0 Å². The number of benzene rings is 1. The predicted molar refractivity (Wildman–Crippen MR) is 78.4 cm³/mol. The largest absolute Gasteiger partial charge is 0.303 e. The number of hydrogen-bond acceptors (Lipinski definition) is 3. The van der Waals surface area contributed by atoms with Crippen LogP contribution in [0.2, 0.25) is 0 Å². The maximum absolute atomic E-state index is 12.2. The van der Waals surface area contributed by atoms with Gasteiger partial charge in [0.05, 0.1) is 6.04 Å². The van der Waals surface area contributed by atoms with Crippen LogP contribution in [0.15, 0.2) is 41.1 Å². The number of fused-ring (bicyclic) bond motifs is 1. The molecule has 19 heavy (non-hydrogen) atoms. The molecule has 0 amide bonds. The lowest BCUT2D eigenvalue weighted by Gasteiger charge is -2.25. The molecular weight excluding hydrogens is 254 g/mol. The Balaban J connectivity index is 1.60. The standard InChI is InChI=1S/C16H17NOS/c18-16(6-5-12-7-8-19-11-12)15-9-13-3-1-2-4-14(13)10-17-15/h1-4,7-8,11,15,17H,5-6,9-10H2. The molecule has 0 radical (unpaired) electrons. The summed E-state index contributed by atoms with van der Waals surface area (Å²) in [5.41, 5.74) is 3.91. The third-order valence-electron chi connectivity index (χ3n) is 3.71. The summed E-state index contributed by atoms with van der Waals surface area (Å²) in [4.78, 5) is 12.2. The van der Waals surface area contributed by atoms with Gasteiger partial charge >= 0.3 is 0 Å². The highest BCUT2D eigenvalue weighted by atomic mass is 32.1. The first kappa shape index (κ1) is 12.6. The summed E-state index contributed by atoms with van der Waals surface area (Å²) in [5, 5.41) is 7.54. The van der Waals surface area contributed by atoms with Crippen molar-refractivity contribution >= 4 is 17.1 Å². The molecule has 2 aromatic rings. The molecule has 0 fully saturated rings. The van der Waals surface area contributed by atoms with Gasteiger partial charge in [-0.15, -0.1) is 0 Å². The lowest BCUT2D eigenvalue weighted by molar-refractivity contribution is -0.121. The topological polar surface area (TPSA) is 29.1 Å². The van der Waals surface area contributed by atoms with Gasteiger partial charge in [0.15, 0.2) is 0 Å². The van der Waals surface area contributed by atoms with E-state index in [1.165, 1.54) is 16.7 Å². The molecule has 1 unspecified atom stereocenters. The van der Waals surface area contributed by atoms with Crippen LogP contribution in [0, 0.1) is 0 Å². The summed E-state index contributed by atoms with van der Waals surface area (Å²) in [6.45, 7) is 0.811. The van der Waals surface area contributed by atoms with E-state index < -0.39 is 0 Å². The van der Waals surface area contributed by atoms with E-state index in [0.29, 0.717) is 12.2 Å². The van der Waals surface area contributed by atoms with Crippen molar-refractivity contribution in [3.8, 4) is 0 Å². The van der Waals surface area contributed by atoms with Gasteiger partial charge in [0.25, 0.3) is 0 Å². The van der Waals surface area contributed by atoms with Crippen molar-refractivity contribution < 1.29 is 4.79 Å². The maximum atomic E-state index is 12.2. The molecule has 1 aliphatic heterocycles. The van der Waals surface area contributed by atoms with Gasteiger partial charge in [0, 0.05) is 13.0 Å². The third-order valence-corrected chi connectivity index (χ3v) is 4.44. The lowest BCUT2D eigenvalue weighted by atomic mass is 9.92. The van der Waals surface area contributed by atoms with Crippen LogP contribution >= 0.6 is 11.3 Å². The zero-order valence-electron chi connectivity index (χ0n) is 10.8. The third kappa shape index (κ3) is 2.94. The van der Waals surface area contributed by atoms with Crippen LogP contribution in [0.25, 0.3) is 0 Å². The molecule has 1 aliphatic rings. The highest BCUT2D eigenvalue weighted by molar-refractivity contribution is 7.07. The van der Waals surface area contributed by atoms with Gasteiger partial charge in [-0.3, -0.25) is 4.79 Å². The SMILES string of the molecule is O=C(CCc1ccsc1)C1Cc2ccccc2CN1. The van der Waals surface area contributed by atoms with Gasteiger partial charge in [-0.25, -0.2) is 0 Å². The van der Waals surface area contributed by atoms with Gasteiger partial charge in [0.2, 0.25) is 0 Å². The molecule has 0 saturated heterocycles. The summed E-state index contributed by atoms with van der Waals surface area (Å²) in [6.07, 6.45) is 2.33. The van der Waals surface area contributed by atoms with Crippen LogP contribution in [0.1, 0.15) is 23.1 Å². The number of thiophene rings is 1. The van der Waals surface area contributed by atoms with Crippen LogP contribution in [0.3, 0.4) is 0 Å². The van der Waals surface area contributed by atoms with E-state index in [2.05, 4.69) is 46.4 Å². The molecule has 3 rings (SSSR count). The molecular formula is C16H17NOS. The van der Waals surface area contributed by atoms with E-state index in [-0.39, 0.29) is 6.04 Å². The molecule has 1 aromatic heterocycles. The number of nitrogens with one attached hydrogen (secondary N) is 1. The Morgan fingerprint density at radius 3 is 2.89 bits per heavy atom. The number of carbonyl (C=O) groups is 1. The average molecular weight is 271 g/mol. The Bertz CT molecular complexity index is 562. The van der Waals surface area contributed by atoms with Crippen molar-refractivity contribution in [3.05, 3.63) is 57.8 Å². The fraction of sp³-hybridized carbons (Fsp3) is 0.312. The van der Waals surface area contributed by atoms with E-state index in [0.717, 1.165) is 19.4 Å². The second kappa shape index (κ2) is 5.68. The molecule has 0 aliphatic carbocycles. The Hall–Kier alpha value is -1.45. The fourth-order valence-electron chi connectivity index (χ4n) is 2.56. The fourth-order valence-corrected chi connectivity index (χ4v) is 3.26. The maximum Gasteiger partial charge on any atom is 0.150 e. The molecule has 1 N–H and O–H groups in total. The average Bonchev–Trinajstić information content (AvgIpc) is 2.97. The summed E-state index contributed by atoms with van der Waals surface area (Å²) >= 11 is 1.69. The van der Waals surface area contributed by atoms with Crippen LogP contribution in [0.5, 0.6) is 0 Å². The minimum absolute atomic E-state index is 0.00599. The van der Waals surface area contributed by atoms with Gasteiger partial charge in [-0.2, -0.15) is 11.3 Å². The molecule has 3 heteroatoms. The lowest BCUT2D eigenvalue weighted by Crippen LogP contribution is -2.41. The van der Waals surface area contributed by atoms with E-state index in [4.69, 9.17) is 0 Å². The van der Waals surface area contributed by atoms with Gasteiger partial charge in [0.1, 0.15) is 5.78 Å². The molecule has 1 atom stereocenters. The van der Waals surface area contributed by atoms with Crippen LogP contribution in [-0.2, 0) is 24.2 Å². The number of carbonyl (C=O) groups excluding carboxylic acids is 1. The molecule has 98 valence electrons. The highest BCUT2D eigenvalue weighted by Crippen LogP contribution is 2.18. The van der Waals surface area contributed by atoms with Crippen molar-refractivity contribution in [2.75, 3.05) is 0 Å². The number of aryl methyl sites for hydroxylation is 1. The summed E-state index contributed by atoms with van der Waals surface area (Å²) in [7, 11) is 0. The number of ketones is 1. The number of hydrogen-bond donors (Lipinski definition) is 1. The van der Waals surface area contributed by atoms with Gasteiger partial charge < -0.3 is 5.32 Å². The second-order valence-electron chi connectivity index (χ2n) is 5.00. The summed E-state index contributed by atoms with van der Waals surface area (Å²) in [5.74, 6) is 0.334. The summed E-state index contributed by atoms with van der Waals surface area (Å²) < 4.78 is 0. The Kier molecular flexibility index (Phi) is 3.76. The zero-order chi connectivity index (χ0) is 13.1. The number of rotatable bonds is 4. The molecule has 0 saturated carbocycles. The molecule has 2 heterocycles. The smallest absolute Gasteiger partial charge is 0.150 e. The quantitative estimate of drug-likeness (QED) is 0.926. The minimum Gasteiger partial charge on any atom is -0.303 e. The van der Waals surface area contributed by atoms with Crippen molar-refractivity contribution in [2.24, 2.45) is 0 Å². The van der Waals surface area contributed by atoms with E-state index in [1.54, 1.807) is 11.3 Å². The zero-order valence-corrected chi connectivity index (χ0v) is 11.6.